The summed E-state index contributed by atoms with van der Waals surface area (Å²) in [5.41, 5.74) is 1.01. The van der Waals surface area contributed by atoms with Crippen LogP contribution < -0.4 is 0 Å². The lowest BCUT2D eigenvalue weighted by atomic mass is 9.91. The molecule has 0 fully saturated rings. The molecule has 2 rings (SSSR count). The predicted octanol–water partition coefficient (Wildman–Crippen LogP) is 5.11. The Morgan fingerprint density at radius 1 is 1.25 bits per heavy atom. The number of aromatic carboxylic acids is 1. The van der Waals surface area contributed by atoms with Crippen molar-refractivity contribution in [2.45, 2.75) is 26.2 Å². The number of nitrogens with zero attached hydrogens (tertiary/aromatic N) is 1. The van der Waals surface area contributed by atoms with E-state index in [9.17, 15) is 9.90 Å². The minimum Gasteiger partial charge on any atom is -0.477 e. The number of halogens is 2. The third-order valence-electron chi connectivity index (χ3n) is 2.70. The fourth-order valence-corrected chi connectivity index (χ4v) is 3.14. The van der Waals surface area contributed by atoms with Crippen molar-refractivity contribution >= 4 is 40.5 Å². The summed E-state index contributed by atoms with van der Waals surface area (Å²) in [6.07, 6.45) is 0. The topological polar surface area (TPSA) is 50.2 Å². The summed E-state index contributed by atoms with van der Waals surface area (Å²) in [4.78, 5) is 16.1. The molecule has 1 aromatic heterocycles. The van der Waals surface area contributed by atoms with Crippen LogP contribution in [0.2, 0.25) is 10.0 Å². The van der Waals surface area contributed by atoms with Crippen LogP contribution in [0.3, 0.4) is 0 Å². The van der Waals surface area contributed by atoms with E-state index in [4.69, 9.17) is 23.2 Å². The number of hydrogen-bond donors (Lipinski definition) is 1. The van der Waals surface area contributed by atoms with E-state index < -0.39 is 5.97 Å². The lowest BCUT2D eigenvalue weighted by molar-refractivity contribution is 0.0699. The average molecular weight is 330 g/mol. The van der Waals surface area contributed by atoms with Gasteiger partial charge in [-0.2, -0.15) is 0 Å². The van der Waals surface area contributed by atoms with Gasteiger partial charge in [-0.3, -0.25) is 0 Å². The highest BCUT2D eigenvalue weighted by Gasteiger charge is 2.27. The molecular formula is C14H13Cl2NO2S. The summed E-state index contributed by atoms with van der Waals surface area (Å²) in [5.74, 6) is -0.960. The summed E-state index contributed by atoms with van der Waals surface area (Å²) in [6, 6.07) is 5.16. The van der Waals surface area contributed by atoms with Crippen LogP contribution in [0.4, 0.5) is 0 Å². The molecular weight excluding hydrogens is 317 g/mol. The van der Waals surface area contributed by atoms with Crippen LogP contribution in [-0.4, -0.2) is 16.1 Å². The van der Waals surface area contributed by atoms with Crippen LogP contribution in [0.1, 0.15) is 36.1 Å². The van der Waals surface area contributed by atoms with Crippen LogP contribution >= 0.6 is 34.5 Å². The van der Waals surface area contributed by atoms with E-state index in [0.29, 0.717) is 20.7 Å². The second-order valence-corrected chi connectivity index (χ2v) is 7.19. The molecule has 2 aromatic rings. The van der Waals surface area contributed by atoms with Crippen molar-refractivity contribution in [2.75, 3.05) is 0 Å². The van der Waals surface area contributed by atoms with Crippen molar-refractivity contribution in [1.82, 2.24) is 4.98 Å². The van der Waals surface area contributed by atoms with Crippen molar-refractivity contribution in [1.29, 1.82) is 0 Å². The molecule has 0 aliphatic rings. The zero-order valence-corrected chi connectivity index (χ0v) is 13.5. The molecule has 1 aromatic carbocycles. The van der Waals surface area contributed by atoms with Crippen LogP contribution in [-0.2, 0) is 5.41 Å². The maximum atomic E-state index is 11.4. The van der Waals surface area contributed by atoms with Gasteiger partial charge >= 0.3 is 5.97 Å². The number of carboxylic acid groups (broad SMARTS) is 1. The van der Waals surface area contributed by atoms with Gasteiger partial charge in [-0.05, 0) is 12.1 Å². The standard InChI is InChI=1S/C14H13Cl2NO2S/c1-14(2,3)11-10(13(18)19)20-12(17-11)7-4-5-8(15)9(16)6-7/h4-6H,1-3H3,(H,18,19). The van der Waals surface area contributed by atoms with E-state index in [-0.39, 0.29) is 10.3 Å². The van der Waals surface area contributed by atoms with Crippen molar-refractivity contribution in [3.8, 4) is 10.6 Å². The van der Waals surface area contributed by atoms with Gasteiger partial charge in [0, 0.05) is 11.0 Å². The molecule has 1 heterocycles. The first kappa shape index (κ1) is 15.3. The SMILES string of the molecule is CC(C)(C)c1nc(-c2ccc(Cl)c(Cl)c2)sc1C(=O)O. The fraction of sp³-hybridized carbons (Fsp3) is 0.286. The Morgan fingerprint density at radius 2 is 1.90 bits per heavy atom. The molecule has 0 atom stereocenters. The first-order chi connectivity index (χ1) is 9.20. The largest absolute Gasteiger partial charge is 0.477 e. The van der Waals surface area contributed by atoms with Gasteiger partial charge in [0.2, 0.25) is 0 Å². The number of carboxylic acids is 1. The summed E-state index contributed by atoms with van der Waals surface area (Å²) in [6.45, 7) is 5.81. The number of thiazole rings is 1. The van der Waals surface area contributed by atoms with Crippen molar-refractivity contribution in [3.63, 3.8) is 0 Å². The fourth-order valence-electron chi connectivity index (χ4n) is 1.73. The second-order valence-electron chi connectivity index (χ2n) is 5.38. The zero-order chi connectivity index (χ0) is 15.1. The average Bonchev–Trinajstić information content (AvgIpc) is 2.77. The Balaban J connectivity index is 2.58. The minimum atomic E-state index is -0.960. The molecule has 0 unspecified atom stereocenters. The molecule has 0 radical (unpaired) electrons. The number of carbonyl (C=O) groups is 1. The molecule has 6 heteroatoms. The van der Waals surface area contributed by atoms with Crippen molar-refractivity contribution in [2.24, 2.45) is 0 Å². The third kappa shape index (κ3) is 2.97. The molecule has 0 amide bonds. The number of benzene rings is 1. The van der Waals surface area contributed by atoms with E-state index in [0.717, 1.165) is 16.9 Å². The number of aromatic nitrogens is 1. The van der Waals surface area contributed by atoms with Crippen LogP contribution in [0.25, 0.3) is 10.6 Å². The van der Waals surface area contributed by atoms with Crippen LogP contribution in [0.15, 0.2) is 18.2 Å². The van der Waals surface area contributed by atoms with E-state index >= 15 is 0 Å². The first-order valence-corrected chi connectivity index (χ1v) is 7.47. The lowest BCUT2D eigenvalue weighted by Crippen LogP contribution is -2.16. The van der Waals surface area contributed by atoms with E-state index in [1.54, 1.807) is 18.2 Å². The first-order valence-electron chi connectivity index (χ1n) is 5.90. The molecule has 0 bridgehead atoms. The van der Waals surface area contributed by atoms with E-state index in [2.05, 4.69) is 4.98 Å². The number of rotatable bonds is 2. The van der Waals surface area contributed by atoms with Gasteiger partial charge < -0.3 is 5.11 Å². The molecule has 0 saturated carbocycles. The van der Waals surface area contributed by atoms with Crippen LogP contribution in [0.5, 0.6) is 0 Å². The van der Waals surface area contributed by atoms with Gasteiger partial charge in [-0.1, -0.05) is 50.0 Å². The van der Waals surface area contributed by atoms with Gasteiger partial charge in [-0.15, -0.1) is 11.3 Å². The van der Waals surface area contributed by atoms with E-state index in [1.807, 2.05) is 20.8 Å². The number of hydrogen-bond acceptors (Lipinski definition) is 3. The minimum absolute atomic E-state index is 0.263. The smallest absolute Gasteiger partial charge is 0.347 e. The molecule has 0 aliphatic carbocycles. The molecule has 0 spiro atoms. The van der Waals surface area contributed by atoms with Gasteiger partial charge in [0.1, 0.15) is 9.88 Å². The Morgan fingerprint density at radius 3 is 2.35 bits per heavy atom. The van der Waals surface area contributed by atoms with Crippen LogP contribution in [0, 0.1) is 0 Å². The summed E-state index contributed by atoms with van der Waals surface area (Å²) >= 11 is 13.0. The summed E-state index contributed by atoms with van der Waals surface area (Å²) in [5, 5.41) is 10.8. The summed E-state index contributed by atoms with van der Waals surface area (Å²) < 4.78 is 0. The maximum Gasteiger partial charge on any atom is 0.347 e. The van der Waals surface area contributed by atoms with Crippen molar-refractivity contribution in [3.05, 3.63) is 38.8 Å². The Hall–Kier alpha value is -1.10. The van der Waals surface area contributed by atoms with Crippen molar-refractivity contribution < 1.29 is 9.90 Å². The Labute approximate surface area is 131 Å². The monoisotopic (exact) mass is 329 g/mol. The second kappa shape index (κ2) is 5.35. The molecule has 3 nitrogen and oxygen atoms in total. The van der Waals surface area contributed by atoms with E-state index in [1.165, 1.54) is 0 Å². The lowest BCUT2D eigenvalue weighted by Gasteiger charge is -2.16. The normalized spacial score (nSPS) is 11.7. The summed E-state index contributed by atoms with van der Waals surface area (Å²) in [7, 11) is 0. The third-order valence-corrected chi connectivity index (χ3v) is 4.53. The molecule has 20 heavy (non-hydrogen) atoms. The highest BCUT2D eigenvalue weighted by atomic mass is 35.5. The predicted molar refractivity (Wildman–Crippen MR) is 83.2 cm³/mol. The Kier molecular flexibility index (Phi) is 4.09. The van der Waals surface area contributed by atoms with Gasteiger partial charge in [-0.25, -0.2) is 9.78 Å². The molecule has 0 aliphatic heterocycles. The van der Waals surface area contributed by atoms with Gasteiger partial charge in [0.25, 0.3) is 0 Å². The zero-order valence-electron chi connectivity index (χ0n) is 11.2. The molecule has 1 N–H and O–H groups in total. The Bertz CT molecular complexity index is 674. The molecule has 106 valence electrons. The highest BCUT2D eigenvalue weighted by Crippen LogP contribution is 2.36. The highest BCUT2D eigenvalue weighted by molar-refractivity contribution is 7.17. The molecule has 0 saturated heterocycles. The quantitative estimate of drug-likeness (QED) is 0.832. The van der Waals surface area contributed by atoms with Gasteiger partial charge in [0.05, 0.1) is 15.7 Å². The van der Waals surface area contributed by atoms with Gasteiger partial charge in [0.15, 0.2) is 0 Å². The maximum absolute atomic E-state index is 11.4.